The van der Waals surface area contributed by atoms with Crippen LogP contribution in [-0.4, -0.2) is 22.5 Å². The predicted octanol–water partition coefficient (Wildman–Crippen LogP) is 4.84. The highest BCUT2D eigenvalue weighted by Crippen LogP contribution is 2.27. The number of anilines is 1. The summed E-state index contributed by atoms with van der Waals surface area (Å²) >= 11 is 1.51. The number of aryl methyl sites for hydroxylation is 1. The van der Waals surface area contributed by atoms with Crippen LogP contribution in [0.3, 0.4) is 0 Å². The molecule has 0 bridgehead atoms. The monoisotopic (exact) mass is 410 g/mol. The summed E-state index contributed by atoms with van der Waals surface area (Å²) in [4.78, 5) is 18.7. The van der Waals surface area contributed by atoms with Crippen molar-refractivity contribution < 1.29 is 13.9 Å². The van der Waals surface area contributed by atoms with Crippen LogP contribution in [0.4, 0.5) is 14.9 Å². The summed E-state index contributed by atoms with van der Waals surface area (Å²) in [6.07, 6.45) is 1.92. The van der Waals surface area contributed by atoms with Crippen LogP contribution in [0.15, 0.2) is 54.7 Å². The number of amides is 2. The number of fused-ring (bicyclic) bond motifs is 1. The Morgan fingerprint density at radius 1 is 1.24 bits per heavy atom. The average molecular weight is 410 g/mol. The first-order valence-corrected chi connectivity index (χ1v) is 9.77. The number of imidazole rings is 1. The number of nitrogens with one attached hydrogen (secondary N) is 2. The van der Waals surface area contributed by atoms with Crippen LogP contribution in [0.1, 0.15) is 10.6 Å². The summed E-state index contributed by atoms with van der Waals surface area (Å²) in [5.41, 5.74) is 3.31. The number of thiazole rings is 1. The zero-order chi connectivity index (χ0) is 20.4. The van der Waals surface area contributed by atoms with Crippen molar-refractivity contribution >= 4 is 28.0 Å². The molecule has 2 amide bonds. The van der Waals surface area contributed by atoms with Crippen LogP contribution in [-0.2, 0) is 6.54 Å². The lowest BCUT2D eigenvalue weighted by atomic mass is 10.2. The lowest BCUT2D eigenvalue weighted by molar-refractivity contribution is 0.252. The third kappa shape index (κ3) is 4.07. The Morgan fingerprint density at radius 2 is 2.03 bits per heavy atom. The van der Waals surface area contributed by atoms with E-state index in [4.69, 9.17) is 4.74 Å². The van der Waals surface area contributed by atoms with Gasteiger partial charge >= 0.3 is 6.03 Å². The number of hydrogen-bond acceptors (Lipinski definition) is 4. The number of carbonyl (C=O) groups excluding carboxylic acids is 1. The molecule has 2 aromatic carbocycles. The van der Waals surface area contributed by atoms with E-state index in [9.17, 15) is 9.18 Å². The molecule has 0 fully saturated rings. The van der Waals surface area contributed by atoms with Gasteiger partial charge in [0, 0.05) is 34.1 Å². The van der Waals surface area contributed by atoms with Crippen LogP contribution in [0.25, 0.3) is 16.2 Å². The molecule has 2 N–H and O–H groups in total. The van der Waals surface area contributed by atoms with Crippen molar-refractivity contribution in [1.82, 2.24) is 14.7 Å². The van der Waals surface area contributed by atoms with E-state index in [1.807, 2.05) is 29.7 Å². The van der Waals surface area contributed by atoms with Crippen LogP contribution in [0, 0.1) is 12.7 Å². The first kappa shape index (κ1) is 18.9. The minimum atomic E-state index is -0.296. The molecule has 0 aliphatic carbocycles. The second-order valence-electron chi connectivity index (χ2n) is 6.44. The van der Waals surface area contributed by atoms with E-state index in [1.165, 1.54) is 23.5 Å². The Balaban J connectivity index is 1.44. The van der Waals surface area contributed by atoms with Crippen LogP contribution < -0.4 is 15.4 Å². The number of aromatic nitrogens is 2. The fourth-order valence-electron chi connectivity index (χ4n) is 2.95. The van der Waals surface area contributed by atoms with Crippen molar-refractivity contribution in [1.29, 1.82) is 0 Å². The highest BCUT2D eigenvalue weighted by molar-refractivity contribution is 7.17. The zero-order valence-corrected chi connectivity index (χ0v) is 16.7. The SMILES string of the molecule is COc1cccc(NC(=O)NCc2sc3nc(-c4ccc(F)cc4)cn3c2C)c1. The van der Waals surface area contributed by atoms with E-state index < -0.39 is 0 Å². The van der Waals surface area contributed by atoms with Crippen LogP contribution >= 0.6 is 11.3 Å². The number of methoxy groups -OCH3 is 1. The molecule has 0 atom stereocenters. The maximum atomic E-state index is 13.1. The van der Waals surface area contributed by atoms with Gasteiger partial charge in [0.25, 0.3) is 0 Å². The van der Waals surface area contributed by atoms with Crippen LogP contribution in [0.5, 0.6) is 5.75 Å². The van der Waals surface area contributed by atoms with Gasteiger partial charge in [0.1, 0.15) is 11.6 Å². The Kier molecular flexibility index (Phi) is 5.18. The second-order valence-corrected chi connectivity index (χ2v) is 7.50. The van der Waals surface area contributed by atoms with E-state index in [0.29, 0.717) is 18.0 Å². The number of ether oxygens (including phenoxy) is 1. The normalized spacial score (nSPS) is 10.9. The van der Waals surface area contributed by atoms with Gasteiger partial charge in [0.2, 0.25) is 0 Å². The van der Waals surface area contributed by atoms with Gasteiger partial charge in [-0.15, -0.1) is 0 Å². The zero-order valence-electron chi connectivity index (χ0n) is 15.9. The topological polar surface area (TPSA) is 67.7 Å². The molecular formula is C21H19FN4O2S. The van der Waals surface area contributed by atoms with Crippen molar-refractivity contribution in [2.24, 2.45) is 0 Å². The molecule has 0 saturated carbocycles. The largest absolute Gasteiger partial charge is 0.497 e. The fraction of sp³-hybridized carbons (Fsp3) is 0.143. The minimum absolute atomic E-state index is 0.272. The van der Waals surface area contributed by atoms with Crippen molar-refractivity contribution in [2.45, 2.75) is 13.5 Å². The van der Waals surface area contributed by atoms with Crippen molar-refractivity contribution in [3.05, 3.63) is 71.1 Å². The van der Waals surface area contributed by atoms with Gasteiger partial charge in [-0.05, 0) is 43.3 Å². The predicted molar refractivity (Wildman–Crippen MR) is 112 cm³/mol. The van der Waals surface area contributed by atoms with E-state index in [0.717, 1.165) is 26.8 Å². The summed E-state index contributed by atoms with van der Waals surface area (Å²) < 4.78 is 20.3. The smallest absolute Gasteiger partial charge is 0.319 e. The lowest BCUT2D eigenvalue weighted by Crippen LogP contribution is -2.28. The molecule has 148 valence electrons. The van der Waals surface area contributed by atoms with Gasteiger partial charge in [-0.2, -0.15) is 0 Å². The van der Waals surface area contributed by atoms with E-state index in [2.05, 4.69) is 15.6 Å². The molecule has 6 nitrogen and oxygen atoms in total. The van der Waals surface area contributed by atoms with Crippen LogP contribution in [0.2, 0.25) is 0 Å². The Bertz CT molecular complexity index is 1170. The Hall–Kier alpha value is -3.39. The number of carbonyl (C=O) groups is 1. The number of urea groups is 1. The minimum Gasteiger partial charge on any atom is -0.497 e. The summed E-state index contributed by atoms with van der Waals surface area (Å²) in [6, 6.07) is 13.1. The van der Waals surface area contributed by atoms with Crippen molar-refractivity contribution in [3.8, 4) is 17.0 Å². The molecular weight excluding hydrogens is 391 g/mol. The van der Waals surface area contributed by atoms with Gasteiger partial charge in [-0.25, -0.2) is 14.2 Å². The van der Waals surface area contributed by atoms with Gasteiger partial charge < -0.3 is 15.4 Å². The van der Waals surface area contributed by atoms with Gasteiger partial charge in [0.05, 0.1) is 19.3 Å². The molecule has 0 radical (unpaired) electrons. The fourth-order valence-corrected chi connectivity index (χ4v) is 4.00. The first-order chi connectivity index (χ1) is 14.0. The summed E-state index contributed by atoms with van der Waals surface area (Å²) in [5.74, 6) is 0.404. The first-order valence-electron chi connectivity index (χ1n) is 8.95. The van der Waals surface area contributed by atoms with Crippen molar-refractivity contribution in [2.75, 3.05) is 12.4 Å². The quantitative estimate of drug-likeness (QED) is 0.495. The summed E-state index contributed by atoms with van der Waals surface area (Å²) in [6.45, 7) is 2.37. The molecule has 4 aromatic rings. The third-order valence-corrected chi connectivity index (χ3v) is 5.69. The highest BCUT2D eigenvalue weighted by Gasteiger charge is 2.13. The number of nitrogens with zero attached hydrogens (tertiary/aromatic N) is 2. The Labute approximate surface area is 171 Å². The summed E-state index contributed by atoms with van der Waals surface area (Å²) in [5, 5.41) is 5.66. The number of halogens is 1. The number of hydrogen-bond donors (Lipinski definition) is 2. The molecule has 8 heteroatoms. The number of rotatable bonds is 5. The molecule has 0 saturated heterocycles. The molecule has 0 aliphatic heterocycles. The van der Waals surface area contributed by atoms with E-state index in [1.54, 1.807) is 31.4 Å². The standard InChI is InChI=1S/C21H19FN4O2S/c1-13-19(11-23-20(27)24-16-4-3-5-17(10-16)28-2)29-21-25-18(12-26(13)21)14-6-8-15(22)9-7-14/h3-10,12H,11H2,1-2H3,(H2,23,24,27). The molecule has 0 spiro atoms. The second kappa shape index (κ2) is 7.92. The molecule has 0 unspecified atom stereocenters. The lowest BCUT2D eigenvalue weighted by Gasteiger charge is -2.08. The van der Waals surface area contributed by atoms with Crippen molar-refractivity contribution in [3.63, 3.8) is 0 Å². The number of benzene rings is 2. The summed E-state index contributed by atoms with van der Waals surface area (Å²) in [7, 11) is 1.58. The van der Waals surface area contributed by atoms with Gasteiger partial charge in [-0.1, -0.05) is 17.4 Å². The molecule has 4 rings (SSSR count). The molecule has 2 heterocycles. The molecule has 0 aliphatic rings. The Morgan fingerprint density at radius 3 is 2.76 bits per heavy atom. The molecule has 2 aromatic heterocycles. The third-order valence-electron chi connectivity index (χ3n) is 4.53. The van der Waals surface area contributed by atoms with E-state index in [-0.39, 0.29) is 11.8 Å². The van der Waals surface area contributed by atoms with Gasteiger partial charge in [-0.3, -0.25) is 4.40 Å². The van der Waals surface area contributed by atoms with E-state index >= 15 is 0 Å². The maximum Gasteiger partial charge on any atom is 0.319 e. The van der Waals surface area contributed by atoms with Gasteiger partial charge in [0.15, 0.2) is 4.96 Å². The maximum absolute atomic E-state index is 13.1. The molecule has 29 heavy (non-hydrogen) atoms. The average Bonchev–Trinajstić information content (AvgIpc) is 3.26. The highest BCUT2D eigenvalue weighted by atomic mass is 32.1.